The molecular formula is C12H17BrN2O. The maximum absolute atomic E-state index is 9.84. The molecule has 0 aliphatic heterocycles. The predicted octanol–water partition coefficient (Wildman–Crippen LogP) is 2.81. The highest BCUT2D eigenvalue weighted by molar-refractivity contribution is 9.10. The lowest BCUT2D eigenvalue weighted by Gasteiger charge is -2.27. The molecule has 16 heavy (non-hydrogen) atoms. The summed E-state index contributed by atoms with van der Waals surface area (Å²) in [6.45, 7) is 0.833. The van der Waals surface area contributed by atoms with E-state index in [1.165, 1.54) is 6.42 Å². The van der Waals surface area contributed by atoms with Crippen LogP contribution in [-0.4, -0.2) is 22.7 Å². The van der Waals surface area contributed by atoms with E-state index in [0.717, 1.165) is 36.0 Å². The second kappa shape index (κ2) is 5.64. The molecule has 0 radical (unpaired) electrons. The molecule has 2 atom stereocenters. The van der Waals surface area contributed by atoms with Crippen LogP contribution >= 0.6 is 15.9 Å². The van der Waals surface area contributed by atoms with Gasteiger partial charge < -0.3 is 10.4 Å². The molecule has 2 rings (SSSR count). The quantitative estimate of drug-likeness (QED) is 0.897. The van der Waals surface area contributed by atoms with Crippen molar-refractivity contribution in [3.63, 3.8) is 0 Å². The number of hydrogen-bond donors (Lipinski definition) is 2. The zero-order valence-corrected chi connectivity index (χ0v) is 10.8. The maximum Gasteiger partial charge on any atom is 0.0585 e. The Labute approximate surface area is 104 Å². The van der Waals surface area contributed by atoms with E-state index in [9.17, 15) is 5.11 Å². The molecule has 2 N–H and O–H groups in total. The third-order valence-corrected chi connectivity index (χ3v) is 3.58. The Hall–Kier alpha value is -0.610. The molecule has 0 bridgehead atoms. The first-order chi connectivity index (χ1) is 7.75. The fourth-order valence-corrected chi connectivity index (χ4v) is 2.55. The van der Waals surface area contributed by atoms with Crippen molar-refractivity contribution in [3.8, 4) is 0 Å². The monoisotopic (exact) mass is 284 g/mol. The molecule has 4 heteroatoms. The number of hydrogen-bond acceptors (Lipinski definition) is 3. The summed E-state index contributed by atoms with van der Waals surface area (Å²) in [5.41, 5.74) is 1.01. The van der Waals surface area contributed by atoms with Gasteiger partial charge in [-0.15, -0.1) is 0 Å². The Kier molecular flexibility index (Phi) is 4.18. The van der Waals surface area contributed by atoms with Crippen LogP contribution in [0, 0.1) is 5.92 Å². The summed E-state index contributed by atoms with van der Waals surface area (Å²) in [6.07, 6.45) is 7.90. The Balaban J connectivity index is 1.86. The highest BCUT2D eigenvalue weighted by Crippen LogP contribution is 2.25. The number of anilines is 1. The van der Waals surface area contributed by atoms with Crippen LogP contribution < -0.4 is 5.32 Å². The smallest absolute Gasteiger partial charge is 0.0585 e. The second-order valence-corrected chi connectivity index (χ2v) is 5.30. The molecule has 88 valence electrons. The van der Waals surface area contributed by atoms with E-state index in [1.807, 2.05) is 6.07 Å². The Morgan fingerprint density at radius 1 is 1.38 bits per heavy atom. The number of rotatable bonds is 3. The number of aromatic nitrogens is 1. The fraction of sp³-hybridized carbons (Fsp3) is 0.583. The van der Waals surface area contributed by atoms with Crippen LogP contribution in [0.1, 0.15) is 25.7 Å². The number of aliphatic hydroxyl groups excluding tert-OH is 1. The van der Waals surface area contributed by atoms with Gasteiger partial charge in [0, 0.05) is 23.1 Å². The van der Waals surface area contributed by atoms with Gasteiger partial charge in [-0.3, -0.25) is 4.98 Å². The van der Waals surface area contributed by atoms with Crippen molar-refractivity contribution in [2.75, 3.05) is 11.9 Å². The van der Waals surface area contributed by atoms with Crippen LogP contribution in [0.25, 0.3) is 0 Å². The van der Waals surface area contributed by atoms with Crippen molar-refractivity contribution in [3.05, 3.63) is 22.9 Å². The molecule has 1 aromatic rings. The Bertz CT molecular complexity index is 346. The van der Waals surface area contributed by atoms with Crippen molar-refractivity contribution in [1.82, 2.24) is 4.98 Å². The molecule has 1 aromatic heterocycles. The van der Waals surface area contributed by atoms with Crippen LogP contribution in [0.4, 0.5) is 5.69 Å². The van der Waals surface area contributed by atoms with E-state index >= 15 is 0 Å². The molecule has 1 fully saturated rings. The molecule has 1 aliphatic rings. The first kappa shape index (κ1) is 11.9. The molecular weight excluding hydrogens is 268 g/mol. The fourth-order valence-electron chi connectivity index (χ4n) is 2.18. The zero-order valence-electron chi connectivity index (χ0n) is 9.19. The average Bonchev–Trinajstić information content (AvgIpc) is 2.28. The van der Waals surface area contributed by atoms with E-state index in [1.54, 1.807) is 12.4 Å². The lowest BCUT2D eigenvalue weighted by Crippen LogP contribution is -2.30. The lowest BCUT2D eigenvalue weighted by molar-refractivity contribution is 0.0763. The van der Waals surface area contributed by atoms with Crippen LogP contribution in [0.5, 0.6) is 0 Å². The first-order valence-corrected chi connectivity index (χ1v) is 6.57. The highest BCUT2D eigenvalue weighted by Gasteiger charge is 2.22. The van der Waals surface area contributed by atoms with Gasteiger partial charge in [0.15, 0.2) is 0 Å². The van der Waals surface area contributed by atoms with Crippen molar-refractivity contribution in [2.24, 2.45) is 5.92 Å². The topological polar surface area (TPSA) is 45.1 Å². The summed E-state index contributed by atoms with van der Waals surface area (Å²) in [6, 6.07) is 2.00. The van der Waals surface area contributed by atoms with Crippen molar-refractivity contribution < 1.29 is 5.11 Å². The van der Waals surface area contributed by atoms with Gasteiger partial charge in [-0.25, -0.2) is 0 Å². The standard InChI is InChI=1S/C12H17BrN2O/c13-10-5-11(8-14-7-10)15-6-9-3-1-2-4-12(9)16/h5,7-9,12,15-16H,1-4,6H2. The van der Waals surface area contributed by atoms with Gasteiger partial charge in [0.05, 0.1) is 18.0 Å². The SMILES string of the molecule is OC1CCCCC1CNc1cncc(Br)c1. The van der Waals surface area contributed by atoms with E-state index in [2.05, 4.69) is 26.2 Å². The zero-order chi connectivity index (χ0) is 11.4. The van der Waals surface area contributed by atoms with Gasteiger partial charge in [0.1, 0.15) is 0 Å². The molecule has 3 nitrogen and oxygen atoms in total. The van der Waals surface area contributed by atoms with Crippen molar-refractivity contribution >= 4 is 21.6 Å². The van der Waals surface area contributed by atoms with Gasteiger partial charge >= 0.3 is 0 Å². The van der Waals surface area contributed by atoms with Gasteiger partial charge in [-0.1, -0.05) is 12.8 Å². The second-order valence-electron chi connectivity index (χ2n) is 4.38. The van der Waals surface area contributed by atoms with Crippen LogP contribution in [0.15, 0.2) is 22.9 Å². The van der Waals surface area contributed by atoms with Crippen molar-refractivity contribution in [1.29, 1.82) is 0 Å². The summed E-state index contributed by atoms with van der Waals surface area (Å²) >= 11 is 3.39. The highest BCUT2D eigenvalue weighted by atomic mass is 79.9. The minimum Gasteiger partial charge on any atom is -0.393 e. The summed E-state index contributed by atoms with van der Waals surface area (Å²) in [7, 11) is 0. The molecule has 1 saturated carbocycles. The van der Waals surface area contributed by atoms with Crippen LogP contribution in [-0.2, 0) is 0 Å². The first-order valence-electron chi connectivity index (χ1n) is 5.78. The average molecular weight is 285 g/mol. The predicted molar refractivity (Wildman–Crippen MR) is 68.4 cm³/mol. The largest absolute Gasteiger partial charge is 0.393 e. The molecule has 0 saturated heterocycles. The summed E-state index contributed by atoms with van der Waals surface area (Å²) in [5.74, 6) is 0.382. The van der Waals surface area contributed by atoms with E-state index < -0.39 is 0 Å². The number of nitrogens with zero attached hydrogens (tertiary/aromatic N) is 1. The summed E-state index contributed by atoms with van der Waals surface area (Å²) in [5, 5.41) is 13.2. The van der Waals surface area contributed by atoms with Gasteiger partial charge in [-0.05, 0) is 34.8 Å². The Morgan fingerprint density at radius 2 is 2.19 bits per heavy atom. The number of aliphatic hydroxyl groups is 1. The normalized spacial score (nSPS) is 25.4. The molecule has 1 heterocycles. The van der Waals surface area contributed by atoms with E-state index in [0.29, 0.717) is 5.92 Å². The third-order valence-electron chi connectivity index (χ3n) is 3.14. The van der Waals surface area contributed by atoms with Crippen LogP contribution in [0.3, 0.4) is 0 Å². The molecule has 1 aliphatic carbocycles. The lowest BCUT2D eigenvalue weighted by atomic mass is 9.86. The summed E-state index contributed by atoms with van der Waals surface area (Å²) in [4.78, 5) is 4.10. The van der Waals surface area contributed by atoms with Gasteiger partial charge in [0.25, 0.3) is 0 Å². The summed E-state index contributed by atoms with van der Waals surface area (Å²) < 4.78 is 0.974. The minimum absolute atomic E-state index is 0.138. The Morgan fingerprint density at radius 3 is 2.94 bits per heavy atom. The maximum atomic E-state index is 9.84. The van der Waals surface area contributed by atoms with E-state index in [4.69, 9.17) is 0 Å². The number of nitrogens with one attached hydrogen (secondary N) is 1. The molecule has 0 amide bonds. The molecule has 0 aromatic carbocycles. The molecule has 2 unspecified atom stereocenters. The third kappa shape index (κ3) is 3.19. The number of halogens is 1. The molecule has 0 spiro atoms. The van der Waals surface area contributed by atoms with Gasteiger partial charge in [-0.2, -0.15) is 0 Å². The van der Waals surface area contributed by atoms with Crippen molar-refractivity contribution in [2.45, 2.75) is 31.8 Å². The minimum atomic E-state index is -0.138. The van der Waals surface area contributed by atoms with Gasteiger partial charge in [0.2, 0.25) is 0 Å². The number of pyridine rings is 1. The van der Waals surface area contributed by atoms with Crippen LogP contribution in [0.2, 0.25) is 0 Å². The van der Waals surface area contributed by atoms with E-state index in [-0.39, 0.29) is 6.10 Å².